The van der Waals surface area contributed by atoms with Gasteiger partial charge in [0.1, 0.15) is 0 Å². The highest BCUT2D eigenvalue weighted by Crippen LogP contribution is 2.36. The summed E-state index contributed by atoms with van der Waals surface area (Å²) >= 11 is 1.28. The molecule has 0 aliphatic heterocycles. The number of likely N-dealkylation sites (N-methyl/N-ethyl adjacent to an activating group) is 1. The topological polar surface area (TPSA) is 84.3 Å². The number of nitrogens with zero attached hydrogens (tertiary/aromatic N) is 3. The molecule has 4 rings (SSSR count). The monoisotopic (exact) mass is 610 g/mol. The molecule has 2 heterocycles. The molecule has 4 aromatic rings. The Balaban J connectivity index is 1.65. The van der Waals surface area contributed by atoms with Crippen LogP contribution in [0.2, 0.25) is 0 Å². The van der Waals surface area contributed by atoms with E-state index in [4.69, 9.17) is 0 Å². The fourth-order valence-corrected chi connectivity index (χ4v) is 6.03. The Hall–Kier alpha value is -4.25. The van der Waals surface area contributed by atoms with Crippen molar-refractivity contribution in [3.05, 3.63) is 98.4 Å². The molecule has 0 saturated carbocycles. The number of alkyl halides is 3. The molecule has 2 aromatic carbocycles. The first-order valence-electron chi connectivity index (χ1n) is 13.7. The number of carbonyl (C=O) groups excluding carboxylic acids is 3. The van der Waals surface area contributed by atoms with E-state index in [2.05, 4.69) is 24.3 Å². The van der Waals surface area contributed by atoms with Gasteiger partial charge in [-0.1, -0.05) is 50.2 Å². The summed E-state index contributed by atoms with van der Waals surface area (Å²) in [6.07, 6.45) is -2.39. The van der Waals surface area contributed by atoms with Gasteiger partial charge in [0.15, 0.2) is 6.29 Å². The van der Waals surface area contributed by atoms with Crippen molar-refractivity contribution in [1.29, 1.82) is 0 Å². The molecule has 7 nitrogen and oxygen atoms in total. The first kappa shape index (κ1) is 31.7. The minimum atomic E-state index is -4.59. The quantitative estimate of drug-likeness (QED) is 0.207. The van der Waals surface area contributed by atoms with Gasteiger partial charge in [0.25, 0.3) is 11.8 Å². The van der Waals surface area contributed by atoms with Crippen molar-refractivity contribution >= 4 is 29.4 Å². The maximum absolute atomic E-state index is 13.8. The number of hydrogen-bond acceptors (Lipinski definition) is 5. The van der Waals surface area contributed by atoms with Crippen LogP contribution in [0.1, 0.15) is 71.7 Å². The highest BCUT2D eigenvalue weighted by molar-refractivity contribution is 7.14. The minimum Gasteiger partial charge on any atom is -0.346 e. The molecule has 11 heteroatoms. The van der Waals surface area contributed by atoms with Gasteiger partial charge in [-0.3, -0.25) is 19.1 Å². The molecule has 1 atom stereocenters. The first-order chi connectivity index (χ1) is 20.3. The highest BCUT2D eigenvalue weighted by atomic mass is 32.1. The van der Waals surface area contributed by atoms with E-state index in [0.29, 0.717) is 11.2 Å². The number of thiophene rings is 1. The van der Waals surface area contributed by atoms with Crippen molar-refractivity contribution in [2.45, 2.75) is 45.3 Å². The molecule has 0 aliphatic carbocycles. The zero-order valence-corrected chi connectivity index (χ0v) is 25.3. The number of nitrogens with one attached hydrogen (secondary N) is 1. The molecule has 0 aliphatic rings. The number of aryl methyl sites for hydroxylation is 2. The standard InChI is InChI=1S/C32H33F3N4O3S/c1-19(2)26-16-36-39(5)29(26)25-15-28(43-20(25)3)30(41)37-23(14-21-10-7-9-13-27(21)32(33,34)35)17-38(4)31(42)24-12-8-6-11-22(24)18-40/h6-13,15-16,18-19,23H,14,17H2,1-5H3,(H,37,41). The van der Waals surface area contributed by atoms with Gasteiger partial charge in [0, 0.05) is 42.2 Å². The van der Waals surface area contributed by atoms with Crippen LogP contribution in [0.4, 0.5) is 13.2 Å². The van der Waals surface area contributed by atoms with Crippen molar-refractivity contribution in [2.24, 2.45) is 7.05 Å². The van der Waals surface area contributed by atoms with Crippen molar-refractivity contribution < 1.29 is 27.6 Å². The Morgan fingerprint density at radius 1 is 1.12 bits per heavy atom. The molecule has 0 fully saturated rings. The fourth-order valence-electron chi connectivity index (χ4n) is 5.11. The molecular weight excluding hydrogens is 577 g/mol. The number of aromatic nitrogens is 2. The van der Waals surface area contributed by atoms with Crippen LogP contribution in [0.25, 0.3) is 11.3 Å². The summed E-state index contributed by atoms with van der Waals surface area (Å²) in [5, 5.41) is 7.27. The highest BCUT2D eigenvalue weighted by Gasteiger charge is 2.34. The number of amides is 2. The number of aldehydes is 1. The van der Waals surface area contributed by atoms with Gasteiger partial charge in [0.05, 0.1) is 33.9 Å². The summed E-state index contributed by atoms with van der Waals surface area (Å²) in [4.78, 5) is 40.9. The molecule has 43 heavy (non-hydrogen) atoms. The molecule has 0 spiro atoms. The van der Waals surface area contributed by atoms with Crippen LogP contribution < -0.4 is 5.32 Å². The van der Waals surface area contributed by atoms with Crippen LogP contribution >= 0.6 is 11.3 Å². The lowest BCUT2D eigenvalue weighted by atomic mass is 9.98. The normalized spacial score (nSPS) is 12.3. The average molecular weight is 611 g/mol. The number of benzene rings is 2. The van der Waals surface area contributed by atoms with Gasteiger partial charge >= 0.3 is 6.18 Å². The smallest absolute Gasteiger partial charge is 0.346 e. The van der Waals surface area contributed by atoms with Crippen molar-refractivity contribution in [1.82, 2.24) is 20.0 Å². The van der Waals surface area contributed by atoms with E-state index in [1.807, 2.05) is 14.0 Å². The number of rotatable bonds is 10. The van der Waals surface area contributed by atoms with Gasteiger partial charge in [-0.2, -0.15) is 18.3 Å². The summed E-state index contributed by atoms with van der Waals surface area (Å²) in [6, 6.07) is 12.4. The number of hydrogen-bond donors (Lipinski definition) is 1. The predicted octanol–water partition coefficient (Wildman–Crippen LogP) is 6.53. The van der Waals surface area contributed by atoms with Crippen LogP contribution in [-0.2, 0) is 19.6 Å². The number of carbonyl (C=O) groups is 3. The summed E-state index contributed by atoms with van der Waals surface area (Å²) in [5.74, 6) is -0.746. The average Bonchev–Trinajstić information content (AvgIpc) is 3.54. The largest absolute Gasteiger partial charge is 0.416 e. The fraction of sp³-hybridized carbons (Fsp3) is 0.312. The van der Waals surface area contributed by atoms with Gasteiger partial charge in [-0.05, 0) is 43.0 Å². The molecule has 1 unspecified atom stereocenters. The van der Waals surface area contributed by atoms with E-state index >= 15 is 0 Å². The zero-order chi connectivity index (χ0) is 31.5. The zero-order valence-electron chi connectivity index (χ0n) is 24.5. The summed E-state index contributed by atoms with van der Waals surface area (Å²) in [5.41, 5.74) is 2.34. The maximum Gasteiger partial charge on any atom is 0.416 e. The SMILES string of the molecule is Cc1sc(C(=O)NC(Cc2ccccc2C(F)(F)F)CN(C)C(=O)c2ccccc2C=O)cc1-c1c(C(C)C)cnn1C. The summed E-state index contributed by atoms with van der Waals surface area (Å²) < 4.78 is 43.3. The summed E-state index contributed by atoms with van der Waals surface area (Å²) in [7, 11) is 3.32. The number of halogens is 3. The second kappa shape index (κ2) is 12.9. The Morgan fingerprint density at radius 2 is 1.79 bits per heavy atom. The maximum atomic E-state index is 13.8. The Kier molecular flexibility index (Phi) is 9.54. The van der Waals surface area contributed by atoms with Crippen LogP contribution in [0, 0.1) is 6.92 Å². The van der Waals surface area contributed by atoms with E-state index in [1.54, 1.807) is 29.1 Å². The third-order valence-electron chi connectivity index (χ3n) is 7.27. The van der Waals surface area contributed by atoms with E-state index in [-0.39, 0.29) is 35.6 Å². The molecule has 2 aromatic heterocycles. The Labute approximate surface area is 252 Å². The second-order valence-corrected chi connectivity index (χ2v) is 12.0. The van der Waals surface area contributed by atoms with Gasteiger partial charge in [0.2, 0.25) is 0 Å². The molecule has 2 amide bonds. The van der Waals surface area contributed by atoms with E-state index in [0.717, 1.165) is 27.8 Å². The molecule has 0 bridgehead atoms. The summed E-state index contributed by atoms with van der Waals surface area (Å²) in [6.45, 7) is 5.93. The van der Waals surface area contributed by atoms with Gasteiger partial charge in [-0.15, -0.1) is 11.3 Å². The van der Waals surface area contributed by atoms with Crippen molar-refractivity contribution in [2.75, 3.05) is 13.6 Å². The lowest BCUT2D eigenvalue weighted by molar-refractivity contribution is -0.138. The van der Waals surface area contributed by atoms with Crippen LogP contribution in [0.5, 0.6) is 0 Å². The molecule has 0 radical (unpaired) electrons. The van der Waals surface area contributed by atoms with E-state index in [1.165, 1.54) is 53.6 Å². The predicted molar refractivity (Wildman–Crippen MR) is 161 cm³/mol. The minimum absolute atomic E-state index is 0.00560. The first-order valence-corrected chi connectivity index (χ1v) is 14.5. The third kappa shape index (κ3) is 7.05. The molecule has 1 N–H and O–H groups in total. The van der Waals surface area contributed by atoms with E-state index in [9.17, 15) is 27.6 Å². The molecular formula is C32H33F3N4O3S. The molecule has 0 saturated heterocycles. The lowest BCUT2D eigenvalue weighted by Crippen LogP contribution is -2.46. The lowest BCUT2D eigenvalue weighted by Gasteiger charge is -2.26. The van der Waals surface area contributed by atoms with Crippen molar-refractivity contribution in [3.63, 3.8) is 0 Å². The van der Waals surface area contributed by atoms with Crippen LogP contribution in [0.15, 0.2) is 60.8 Å². The second-order valence-electron chi connectivity index (χ2n) is 10.7. The van der Waals surface area contributed by atoms with Crippen molar-refractivity contribution in [3.8, 4) is 11.3 Å². The van der Waals surface area contributed by atoms with Gasteiger partial charge in [-0.25, -0.2) is 0 Å². The van der Waals surface area contributed by atoms with E-state index < -0.39 is 29.6 Å². The third-order valence-corrected chi connectivity index (χ3v) is 8.32. The Morgan fingerprint density at radius 3 is 2.47 bits per heavy atom. The van der Waals surface area contributed by atoms with Gasteiger partial charge < -0.3 is 10.2 Å². The van der Waals surface area contributed by atoms with Crippen LogP contribution in [0.3, 0.4) is 0 Å². The Bertz CT molecular complexity index is 1640. The van der Waals surface area contributed by atoms with Crippen LogP contribution in [-0.4, -0.2) is 52.4 Å². The molecule has 226 valence electrons.